The Kier molecular flexibility index (Phi) is 5.28. The fourth-order valence-corrected chi connectivity index (χ4v) is 1.46. The van der Waals surface area contributed by atoms with Gasteiger partial charge in [-0.3, -0.25) is 4.79 Å². The van der Waals surface area contributed by atoms with E-state index in [4.69, 9.17) is 5.26 Å². The second-order valence-corrected chi connectivity index (χ2v) is 3.92. The number of benzene rings is 1. The summed E-state index contributed by atoms with van der Waals surface area (Å²) in [5, 5.41) is 14.3. The zero-order valence-corrected chi connectivity index (χ0v) is 10.5. The Morgan fingerprint density at radius 3 is 2.89 bits per heavy atom. The maximum atomic E-state index is 13.5. The Labute approximate surface area is 106 Å². The van der Waals surface area contributed by atoms with Crippen LogP contribution in [0.4, 0.5) is 4.39 Å². The molecule has 1 atom stereocenters. The van der Waals surface area contributed by atoms with E-state index in [1.54, 1.807) is 6.92 Å². The highest BCUT2D eigenvalue weighted by atomic mass is 19.1. The lowest BCUT2D eigenvalue weighted by atomic mass is 10.1. The van der Waals surface area contributed by atoms with Crippen LogP contribution < -0.4 is 10.6 Å². The molecule has 0 fully saturated rings. The van der Waals surface area contributed by atoms with Gasteiger partial charge in [0.2, 0.25) is 5.91 Å². The maximum Gasteiger partial charge on any atom is 0.236 e. The lowest BCUT2D eigenvalue weighted by molar-refractivity contribution is -0.122. The molecule has 1 rings (SSSR count). The van der Waals surface area contributed by atoms with Crippen molar-refractivity contribution in [2.24, 2.45) is 0 Å². The van der Waals surface area contributed by atoms with Gasteiger partial charge in [0.25, 0.3) is 0 Å². The van der Waals surface area contributed by atoms with E-state index in [2.05, 4.69) is 10.6 Å². The zero-order valence-electron chi connectivity index (χ0n) is 10.5. The molecule has 0 saturated heterocycles. The smallest absolute Gasteiger partial charge is 0.236 e. The molecule has 0 aliphatic carbocycles. The highest BCUT2D eigenvalue weighted by Crippen LogP contribution is 2.10. The molecule has 1 unspecified atom stereocenters. The lowest BCUT2D eigenvalue weighted by Crippen LogP contribution is -2.41. The number of amides is 1. The summed E-state index contributed by atoms with van der Waals surface area (Å²) in [6, 6.07) is 5.70. The molecular formula is C13H16FN3O. The monoisotopic (exact) mass is 249 g/mol. The van der Waals surface area contributed by atoms with E-state index in [1.165, 1.54) is 18.2 Å². The van der Waals surface area contributed by atoms with Gasteiger partial charge in [-0.1, -0.05) is 0 Å². The summed E-state index contributed by atoms with van der Waals surface area (Å²) < 4.78 is 13.5. The van der Waals surface area contributed by atoms with Crippen LogP contribution in [0.2, 0.25) is 0 Å². The largest absolute Gasteiger partial charge is 0.355 e. The summed E-state index contributed by atoms with van der Waals surface area (Å²) in [5.74, 6) is -0.515. The van der Waals surface area contributed by atoms with Crippen LogP contribution in [-0.4, -0.2) is 18.5 Å². The normalized spacial score (nSPS) is 11.7. The van der Waals surface area contributed by atoms with E-state index in [1.807, 2.05) is 13.0 Å². The van der Waals surface area contributed by atoms with Crippen LogP contribution in [0.1, 0.15) is 25.0 Å². The van der Waals surface area contributed by atoms with Crippen molar-refractivity contribution in [3.63, 3.8) is 0 Å². The predicted molar refractivity (Wildman–Crippen MR) is 66.1 cm³/mol. The molecule has 0 bridgehead atoms. The second kappa shape index (κ2) is 6.72. The van der Waals surface area contributed by atoms with Gasteiger partial charge in [-0.15, -0.1) is 0 Å². The highest BCUT2D eigenvalue weighted by molar-refractivity contribution is 5.81. The number of carbonyl (C=O) groups excluding carboxylic acids is 1. The first-order valence-electron chi connectivity index (χ1n) is 5.78. The molecule has 0 radical (unpaired) electrons. The Bertz CT molecular complexity index is 468. The van der Waals surface area contributed by atoms with Crippen molar-refractivity contribution in [1.29, 1.82) is 5.26 Å². The number of likely N-dealkylation sites (N-methyl/N-ethyl adjacent to an activating group) is 1. The lowest BCUT2D eigenvalue weighted by Gasteiger charge is -2.13. The number of nitriles is 1. The van der Waals surface area contributed by atoms with Crippen LogP contribution in [0.25, 0.3) is 0 Å². The number of halogens is 1. The topological polar surface area (TPSA) is 64.9 Å². The molecule has 96 valence electrons. The summed E-state index contributed by atoms with van der Waals surface area (Å²) in [4.78, 5) is 11.5. The van der Waals surface area contributed by atoms with Gasteiger partial charge in [-0.2, -0.15) is 5.26 Å². The van der Waals surface area contributed by atoms with Crippen molar-refractivity contribution < 1.29 is 9.18 Å². The zero-order chi connectivity index (χ0) is 13.5. The fourth-order valence-electron chi connectivity index (χ4n) is 1.46. The van der Waals surface area contributed by atoms with Gasteiger partial charge in [-0.25, -0.2) is 4.39 Å². The SMILES string of the molecule is CCNC(=O)C(C)NCc1cc(C#N)ccc1F. The van der Waals surface area contributed by atoms with Crippen LogP contribution in [0.3, 0.4) is 0 Å². The standard InChI is InChI=1S/C13H16FN3O/c1-3-16-13(18)9(2)17-8-11-6-10(7-15)4-5-12(11)14/h4-6,9,17H,3,8H2,1-2H3,(H,16,18). The van der Waals surface area contributed by atoms with Crippen molar-refractivity contribution in [3.05, 3.63) is 35.1 Å². The molecule has 0 spiro atoms. The molecule has 0 aromatic heterocycles. The number of nitrogens with one attached hydrogen (secondary N) is 2. The number of nitrogens with zero attached hydrogens (tertiary/aromatic N) is 1. The number of hydrogen-bond donors (Lipinski definition) is 2. The fraction of sp³-hybridized carbons (Fsp3) is 0.385. The summed E-state index contributed by atoms with van der Waals surface area (Å²) in [7, 11) is 0. The number of carbonyl (C=O) groups is 1. The van der Waals surface area contributed by atoms with Crippen molar-refractivity contribution in [3.8, 4) is 6.07 Å². The number of rotatable bonds is 5. The maximum absolute atomic E-state index is 13.5. The Balaban J connectivity index is 2.63. The quantitative estimate of drug-likeness (QED) is 0.827. The molecule has 1 amide bonds. The molecule has 0 aliphatic heterocycles. The van der Waals surface area contributed by atoms with Gasteiger partial charge in [0.05, 0.1) is 17.7 Å². The molecule has 1 aromatic carbocycles. The third kappa shape index (κ3) is 3.82. The predicted octanol–water partition coefficient (Wildman–Crippen LogP) is 1.31. The molecular weight excluding hydrogens is 233 g/mol. The van der Waals surface area contributed by atoms with Crippen LogP contribution in [0.15, 0.2) is 18.2 Å². The molecule has 18 heavy (non-hydrogen) atoms. The molecule has 1 aromatic rings. The Morgan fingerprint density at radius 1 is 1.56 bits per heavy atom. The third-order valence-electron chi connectivity index (χ3n) is 2.52. The van der Waals surface area contributed by atoms with Gasteiger partial charge in [0.1, 0.15) is 5.82 Å². The minimum Gasteiger partial charge on any atom is -0.355 e. The van der Waals surface area contributed by atoms with Gasteiger partial charge >= 0.3 is 0 Å². The third-order valence-corrected chi connectivity index (χ3v) is 2.52. The summed E-state index contributed by atoms with van der Waals surface area (Å²) >= 11 is 0. The molecule has 0 aliphatic rings. The molecule has 2 N–H and O–H groups in total. The Morgan fingerprint density at radius 2 is 2.28 bits per heavy atom. The summed E-state index contributed by atoms with van der Waals surface area (Å²) in [6.07, 6.45) is 0. The van der Waals surface area contributed by atoms with Gasteiger partial charge < -0.3 is 10.6 Å². The average Bonchev–Trinajstić information content (AvgIpc) is 2.37. The van der Waals surface area contributed by atoms with Crippen molar-refractivity contribution in [1.82, 2.24) is 10.6 Å². The van der Waals surface area contributed by atoms with Gasteiger partial charge in [0.15, 0.2) is 0 Å². The van der Waals surface area contributed by atoms with Crippen LogP contribution >= 0.6 is 0 Å². The first-order chi connectivity index (χ1) is 8.58. The van der Waals surface area contributed by atoms with Crippen LogP contribution in [0, 0.1) is 17.1 Å². The van der Waals surface area contributed by atoms with E-state index in [0.29, 0.717) is 17.7 Å². The van der Waals surface area contributed by atoms with E-state index < -0.39 is 6.04 Å². The van der Waals surface area contributed by atoms with Crippen molar-refractivity contribution in [2.75, 3.05) is 6.54 Å². The average molecular weight is 249 g/mol. The highest BCUT2D eigenvalue weighted by Gasteiger charge is 2.12. The van der Waals surface area contributed by atoms with E-state index >= 15 is 0 Å². The van der Waals surface area contributed by atoms with Gasteiger partial charge in [-0.05, 0) is 32.0 Å². The van der Waals surface area contributed by atoms with E-state index in [-0.39, 0.29) is 18.3 Å². The van der Waals surface area contributed by atoms with Crippen LogP contribution in [-0.2, 0) is 11.3 Å². The first kappa shape index (κ1) is 14.1. The minimum atomic E-state index is -0.407. The van der Waals surface area contributed by atoms with Crippen molar-refractivity contribution >= 4 is 5.91 Å². The molecule has 4 nitrogen and oxygen atoms in total. The molecule has 0 saturated carbocycles. The van der Waals surface area contributed by atoms with Gasteiger partial charge in [0, 0.05) is 18.7 Å². The van der Waals surface area contributed by atoms with Crippen molar-refractivity contribution in [2.45, 2.75) is 26.4 Å². The number of hydrogen-bond acceptors (Lipinski definition) is 3. The minimum absolute atomic E-state index is 0.130. The van der Waals surface area contributed by atoms with E-state index in [9.17, 15) is 9.18 Å². The van der Waals surface area contributed by atoms with E-state index in [0.717, 1.165) is 0 Å². The molecule has 5 heteroatoms. The molecule has 0 heterocycles. The summed E-state index contributed by atoms with van der Waals surface area (Å²) in [6.45, 7) is 4.31. The Hall–Kier alpha value is -1.93. The second-order valence-electron chi connectivity index (χ2n) is 3.92. The van der Waals surface area contributed by atoms with Crippen LogP contribution in [0.5, 0.6) is 0 Å². The summed E-state index contributed by atoms with van der Waals surface area (Å²) in [5.41, 5.74) is 0.782. The first-order valence-corrected chi connectivity index (χ1v) is 5.78.